The average molecular weight is 961 g/mol. The Morgan fingerprint density at radius 3 is 1.74 bits per heavy atom. The summed E-state index contributed by atoms with van der Waals surface area (Å²) in [6, 6.07) is 0. The second-order valence-electron chi connectivity index (χ2n) is 27.8. The van der Waals surface area contributed by atoms with Crippen molar-refractivity contribution in [1.29, 1.82) is 0 Å². The minimum atomic E-state index is -1.08. The second kappa shape index (κ2) is 19.3. The van der Waals surface area contributed by atoms with E-state index in [0.717, 1.165) is 32.1 Å². The first-order valence-corrected chi connectivity index (χ1v) is 25.7. The first-order chi connectivity index (χ1) is 30.8. The highest BCUT2D eigenvalue weighted by molar-refractivity contribution is 5.84. The molecular formula is C55H92O13. The summed E-state index contributed by atoms with van der Waals surface area (Å²) in [5.74, 6) is -1.74. The zero-order valence-electron chi connectivity index (χ0n) is 45.4. The highest BCUT2D eigenvalue weighted by Gasteiger charge is 2.64. The van der Waals surface area contributed by atoms with E-state index in [0.29, 0.717) is 76.4 Å². The van der Waals surface area contributed by atoms with Gasteiger partial charge >= 0.3 is 29.8 Å². The van der Waals surface area contributed by atoms with Crippen LogP contribution in [0.4, 0.5) is 0 Å². The quantitative estimate of drug-likeness (QED) is 0.0904. The normalized spacial score (nSPS) is 29.5. The summed E-state index contributed by atoms with van der Waals surface area (Å²) in [5, 5.41) is 11.8. The molecule has 0 radical (unpaired) electrons. The number of hydrogen-bond donors (Lipinski definition) is 1. The van der Waals surface area contributed by atoms with Gasteiger partial charge in [-0.25, -0.2) is 9.59 Å². The average Bonchev–Trinajstić information content (AvgIpc) is 3.59. The van der Waals surface area contributed by atoms with Crippen molar-refractivity contribution in [3.05, 3.63) is 0 Å². The third-order valence-corrected chi connectivity index (χ3v) is 18.5. The van der Waals surface area contributed by atoms with E-state index in [9.17, 15) is 24.3 Å². The first kappa shape index (κ1) is 56.1. The zero-order valence-corrected chi connectivity index (χ0v) is 45.4. The number of ether oxygens (including phenoxy) is 7. The molecule has 4 saturated carbocycles. The Hall–Kier alpha value is -2.77. The number of rotatable bonds is 20. The summed E-state index contributed by atoms with van der Waals surface area (Å²) in [6.07, 6.45) is 6.47. The number of carbonyl (C=O) groups excluding carboxylic acids is 5. The molecule has 7 atom stereocenters. The summed E-state index contributed by atoms with van der Waals surface area (Å²) in [6.45, 7) is 35.9. The maximum absolute atomic E-state index is 15.7. The van der Waals surface area contributed by atoms with Crippen LogP contribution in [-0.2, 0) is 57.1 Å². The molecule has 68 heavy (non-hydrogen) atoms. The van der Waals surface area contributed by atoms with E-state index < -0.39 is 97.4 Å². The van der Waals surface area contributed by atoms with Crippen LogP contribution in [0.1, 0.15) is 201 Å². The molecule has 0 spiro atoms. The molecular weight excluding hydrogens is 869 g/mol. The van der Waals surface area contributed by atoms with Gasteiger partial charge in [0, 0.05) is 12.8 Å². The Balaban J connectivity index is 1.43. The summed E-state index contributed by atoms with van der Waals surface area (Å²) < 4.78 is 40.0. The molecule has 6 rings (SSSR count). The van der Waals surface area contributed by atoms with Crippen molar-refractivity contribution < 1.29 is 62.2 Å². The van der Waals surface area contributed by atoms with Crippen LogP contribution in [0.2, 0.25) is 0 Å². The van der Waals surface area contributed by atoms with Gasteiger partial charge in [-0.05, 0) is 136 Å². The number of cyclic esters (lactones) is 1. The standard InChI is InChI=1S/C55H92O13/c1-45(2,3)33-52(16,42(58)65-31-39(56)67-40-32-62-24-25-63-40)48(9,10)21-22-50(13,14)53(17,44(60)68-55-29-36-26-37(30-55)28-54(61,27-36)35-55)49(11,12)20-19-47(7,8)34-51(15,46(4,5)6)43(59)66-38-18-23-64-41(38)57/h36-38,40,61H,18-35H2,1-17H3. The van der Waals surface area contributed by atoms with Crippen LogP contribution < -0.4 is 0 Å². The third kappa shape index (κ3) is 11.9. The predicted molar refractivity (Wildman–Crippen MR) is 258 cm³/mol. The van der Waals surface area contributed by atoms with Gasteiger partial charge in [0.2, 0.25) is 12.4 Å². The van der Waals surface area contributed by atoms with Crippen molar-refractivity contribution in [3.63, 3.8) is 0 Å². The lowest BCUT2D eigenvalue weighted by Gasteiger charge is -2.61. The number of esters is 5. The topological polar surface area (TPSA) is 170 Å². The molecule has 7 unspecified atom stereocenters. The van der Waals surface area contributed by atoms with Crippen LogP contribution in [0, 0.1) is 60.6 Å². The van der Waals surface area contributed by atoms with Crippen molar-refractivity contribution in [2.45, 2.75) is 225 Å². The van der Waals surface area contributed by atoms with Gasteiger partial charge in [-0.3, -0.25) is 14.4 Å². The van der Waals surface area contributed by atoms with Gasteiger partial charge in [-0.15, -0.1) is 0 Å². The number of carbonyl (C=O) groups is 5. The Bertz CT molecular complexity index is 1850. The summed E-state index contributed by atoms with van der Waals surface area (Å²) >= 11 is 0. The molecule has 0 aromatic heterocycles. The van der Waals surface area contributed by atoms with Gasteiger partial charge in [0.25, 0.3) is 0 Å². The van der Waals surface area contributed by atoms with E-state index >= 15 is 4.79 Å². The second-order valence-corrected chi connectivity index (χ2v) is 27.8. The van der Waals surface area contributed by atoms with Crippen LogP contribution in [0.5, 0.6) is 0 Å². The SMILES string of the molecule is CC(C)(C)CC(C)(C(=O)OCC(=O)OC1COCCO1)C(C)(C)CCC(C)(C)C(C)(C(=O)OC12CC3CC(CC(O)(C3)C1)C2)C(C)(C)CCC(C)(C)CC(C)(C(=O)OC1CCOC1=O)C(C)(C)C. The summed E-state index contributed by atoms with van der Waals surface area (Å²) in [4.78, 5) is 69.4. The Morgan fingerprint density at radius 1 is 0.662 bits per heavy atom. The third-order valence-electron chi connectivity index (χ3n) is 18.5. The number of hydrogen-bond acceptors (Lipinski definition) is 13. The fourth-order valence-electron chi connectivity index (χ4n) is 13.2. The largest absolute Gasteiger partial charge is 0.463 e. The Labute approximate surface area is 409 Å². The lowest BCUT2D eigenvalue weighted by atomic mass is 9.49. The van der Waals surface area contributed by atoms with Crippen molar-refractivity contribution in [3.8, 4) is 0 Å². The lowest BCUT2D eigenvalue weighted by molar-refractivity contribution is -0.236. The van der Waals surface area contributed by atoms with E-state index in [-0.39, 0.29) is 24.6 Å². The molecule has 0 aromatic carbocycles. The highest BCUT2D eigenvalue weighted by Crippen LogP contribution is 2.63. The minimum absolute atomic E-state index is 0.115. The summed E-state index contributed by atoms with van der Waals surface area (Å²) in [7, 11) is 0. The van der Waals surface area contributed by atoms with Gasteiger partial charge in [0.15, 0.2) is 6.61 Å². The van der Waals surface area contributed by atoms with E-state index in [4.69, 9.17) is 33.2 Å². The molecule has 13 nitrogen and oxygen atoms in total. The predicted octanol–water partition coefficient (Wildman–Crippen LogP) is 10.5. The van der Waals surface area contributed by atoms with Gasteiger partial charge in [-0.1, -0.05) is 96.9 Å². The molecule has 390 valence electrons. The first-order valence-electron chi connectivity index (χ1n) is 25.7. The van der Waals surface area contributed by atoms with Crippen molar-refractivity contribution in [2.24, 2.45) is 60.6 Å². The molecule has 4 aliphatic carbocycles. The maximum Gasteiger partial charge on any atom is 0.347 e. The van der Waals surface area contributed by atoms with Crippen LogP contribution >= 0.6 is 0 Å². The fraction of sp³-hybridized carbons (Fsp3) is 0.909. The minimum Gasteiger partial charge on any atom is -0.463 e. The van der Waals surface area contributed by atoms with E-state index in [1.807, 2.05) is 34.6 Å². The molecule has 0 amide bonds. The highest BCUT2D eigenvalue weighted by atomic mass is 16.7. The van der Waals surface area contributed by atoms with E-state index in [1.54, 1.807) is 0 Å². The van der Waals surface area contributed by atoms with Crippen LogP contribution in [0.25, 0.3) is 0 Å². The number of aliphatic hydroxyl groups is 1. The van der Waals surface area contributed by atoms with Gasteiger partial charge < -0.3 is 38.3 Å². The van der Waals surface area contributed by atoms with Gasteiger partial charge in [0.1, 0.15) is 12.2 Å². The van der Waals surface area contributed by atoms with E-state index in [2.05, 4.69) is 83.1 Å². The van der Waals surface area contributed by atoms with E-state index in [1.165, 1.54) is 0 Å². The lowest BCUT2D eigenvalue weighted by Crippen LogP contribution is -2.62. The molecule has 1 N–H and O–H groups in total. The van der Waals surface area contributed by atoms with Gasteiger partial charge in [0.05, 0.1) is 41.7 Å². The maximum atomic E-state index is 15.7. The molecule has 6 aliphatic rings. The van der Waals surface area contributed by atoms with Crippen LogP contribution in [0.15, 0.2) is 0 Å². The Morgan fingerprint density at radius 2 is 1.24 bits per heavy atom. The van der Waals surface area contributed by atoms with Crippen molar-refractivity contribution in [2.75, 3.05) is 33.0 Å². The molecule has 6 fully saturated rings. The molecule has 0 aromatic rings. The molecule has 2 saturated heterocycles. The molecule has 2 heterocycles. The zero-order chi connectivity index (χ0) is 51.4. The summed E-state index contributed by atoms with van der Waals surface area (Å²) in [5.41, 5.74) is -7.87. The van der Waals surface area contributed by atoms with Gasteiger partial charge in [-0.2, -0.15) is 0 Å². The molecule has 13 heteroatoms. The van der Waals surface area contributed by atoms with Crippen molar-refractivity contribution in [1.82, 2.24) is 0 Å². The van der Waals surface area contributed by atoms with Crippen LogP contribution in [-0.4, -0.2) is 91.6 Å². The Kier molecular flexibility index (Phi) is 16.0. The molecule has 2 aliphatic heterocycles. The smallest absolute Gasteiger partial charge is 0.347 e. The van der Waals surface area contributed by atoms with Crippen LogP contribution in [0.3, 0.4) is 0 Å². The fourth-order valence-corrected chi connectivity index (χ4v) is 13.2. The van der Waals surface area contributed by atoms with Crippen molar-refractivity contribution >= 4 is 29.8 Å². The molecule has 4 bridgehead atoms. The monoisotopic (exact) mass is 961 g/mol.